The fourth-order valence-electron chi connectivity index (χ4n) is 0. The van der Waals surface area contributed by atoms with Gasteiger partial charge in [0.2, 0.25) is 4.93 Å². The molecule has 0 aliphatic heterocycles. The van der Waals surface area contributed by atoms with E-state index in [1.807, 2.05) is 0 Å². The Hall–Kier alpha value is 0.130. The summed E-state index contributed by atoms with van der Waals surface area (Å²) >= 11 is 3.31. The van der Waals surface area contributed by atoms with Crippen molar-refractivity contribution in [2.75, 3.05) is 0 Å². The second-order valence-corrected chi connectivity index (χ2v) is 2.20. The van der Waals surface area contributed by atoms with Gasteiger partial charge in [0.25, 0.3) is 0 Å². The highest BCUT2D eigenvalue weighted by atomic mass is 32.1. The average Bonchev–Trinajstić information content (AvgIpc) is 1.31. The molecule has 0 aromatic heterocycles. The molecule has 0 amide bonds. The zero-order valence-corrected chi connectivity index (χ0v) is 6.14. The number of hydrogen-bond acceptors (Lipinski definition) is 3. The van der Waals surface area contributed by atoms with Crippen molar-refractivity contribution in [2.24, 2.45) is 0 Å². The summed E-state index contributed by atoms with van der Waals surface area (Å²) < 4.78 is 0. The van der Waals surface area contributed by atoms with Crippen LogP contribution in [0.3, 0.4) is 0 Å². The molecule has 0 aliphatic carbocycles. The number of aliphatic hydroxyl groups is 1. The van der Waals surface area contributed by atoms with Gasteiger partial charge in [0.15, 0.2) is 0 Å². The standard InChI is InChI=1S/C3H6O3S.H2S/c1-3(6,7)2(4)5;/h6-7H,1H3,(H,4,5);1H2. The number of aliphatic carboxylic acids is 1. The Morgan fingerprint density at radius 3 is 1.88 bits per heavy atom. The molecule has 0 aromatic carbocycles. The van der Waals surface area contributed by atoms with Crippen molar-refractivity contribution in [2.45, 2.75) is 11.9 Å². The number of thiol groups is 1. The minimum atomic E-state index is -1.89. The van der Waals surface area contributed by atoms with Crippen molar-refractivity contribution in [3.05, 3.63) is 0 Å². The van der Waals surface area contributed by atoms with Crippen molar-refractivity contribution < 1.29 is 15.0 Å². The Bertz CT molecular complexity index is 85.0. The zero-order valence-electron chi connectivity index (χ0n) is 4.25. The van der Waals surface area contributed by atoms with Gasteiger partial charge in [-0.3, -0.25) is 0 Å². The molecule has 5 heteroatoms. The zero-order chi connectivity index (χ0) is 6.08. The molecule has 0 heterocycles. The van der Waals surface area contributed by atoms with Crippen molar-refractivity contribution in [1.82, 2.24) is 0 Å². The number of carboxylic acid groups (broad SMARTS) is 1. The van der Waals surface area contributed by atoms with Crippen LogP contribution in [-0.2, 0) is 4.79 Å². The van der Waals surface area contributed by atoms with Gasteiger partial charge in [-0.2, -0.15) is 13.5 Å². The van der Waals surface area contributed by atoms with Gasteiger partial charge in [-0.1, -0.05) is 0 Å². The van der Waals surface area contributed by atoms with E-state index in [9.17, 15) is 4.79 Å². The first-order chi connectivity index (χ1) is 2.94. The van der Waals surface area contributed by atoms with Gasteiger partial charge in [-0.05, 0) is 6.92 Å². The topological polar surface area (TPSA) is 57.5 Å². The number of rotatable bonds is 1. The molecule has 0 bridgehead atoms. The SMILES string of the molecule is CC(O)(S)C(=O)O.S. The molecule has 0 aromatic rings. The lowest BCUT2D eigenvalue weighted by Crippen LogP contribution is -2.27. The van der Waals surface area contributed by atoms with Crippen LogP contribution in [0.4, 0.5) is 0 Å². The van der Waals surface area contributed by atoms with Crippen LogP contribution in [0.1, 0.15) is 6.92 Å². The van der Waals surface area contributed by atoms with Crippen molar-refractivity contribution in [1.29, 1.82) is 0 Å². The molecular weight excluding hydrogens is 148 g/mol. The highest BCUT2D eigenvalue weighted by molar-refractivity contribution is 7.82. The summed E-state index contributed by atoms with van der Waals surface area (Å²) in [5.41, 5.74) is 0. The molecule has 1 atom stereocenters. The first-order valence-corrected chi connectivity index (χ1v) is 2.07. The van der Waals surface area contributed by atoms with Gasteiger partial charge in [-0.15, -0.1) is 12.6 Å². The second-order valence-electron chi connectivity index (χ2n) is 1.33. The predicted molar refractivity (Wildman–Crippen MR) is 37.6 cm³/mol. The first-order valence-electron chi connectivity index (χ1n) is 1.62. The number of hydrogen-bond donors (Lipinski definition) is 3. The van der Waals surface area contributed by atoms with Gasteiger partial charge in [0.05, 0.1) is 0 Å². The maximum Gasteiger partial charge on any atom is 0.345 e. The van der Waals surface area contributed by atoms with Gasteiger partial charge in [-0.25, -0.2) is 4.79 Å². The van der Waals surface area contributed by atoms with Crippen LogP contribution in [0.2, 0.25) is 0 Å². The van der Waals surface area contributed by atoms with E-state index in [1.54, 1.807) is 0 Å². The number of carbonyl (C=O) groups is 1. The Balaban J connectivity index is 0. The van der Waals surface area contributed by atoms with E-state index in [0.717, 1.165) is 6.92 Å². The van der Waals surface area contributed by atoms with E-state index in [-0.39, 0.29) is 13.5 Å². The lowest BCUT2D eigenvalue weighted by Gasteiger charge is -2.06. The van der Waals surface area contributed by atoms with Gasteiger partial charge < -0.3 is 10.2 Å². The Morgan fingerprint density at radius 2 is 1.88 bits per heavy atom. The molecule has 8 heavy (non-hydrogen) atoms. The monoisotopic (exact) mass is 156 g/mol. The summed E-state index contributed by atoms with van der Waals surface area (Å²) in [5, 5.41) is 16.3. The quantitative estimate of drug-likeness (QED) is 0.365. The molecule has 0 saturated heterocycles. The molecule has 0 spiro atoms. The normalized spacial score (nSPS) is 15.9. The van der Waals surface area contributed by atoms with E-state index in [1.165, 1.54) is 0 Å². The smallest absolute Gasteiger partial charge is 0.345 e. The third-order valence-electron chi connectivity index (χ3n) is 0.405. The maximum absolute atomic E-state index is 9.69. The van der Waals surface area contributed by atoms with Gasteiger partial charge in [0.1, 0.15) is 0 Å². The highest BCUT2D eigenvalue weighted by Crippen LogP contribution is 2.06. The summed E-state index contributed by atoms with van der Waals surface area (Å²) in [5.74, 6) is -1.34. The molecule has 50 valence electrons. The molecule has 0 radical (unpaired) electrons. The molecule has 1 unspecified atom stereocenters. The van der Waals surface area contributed by atoms with E-state index in [4.69, 9.17) is 10.2 Å². The second kappa shape index (κ2) is 3.21. The largest absolute Gasteiger partial charge is 0.478 e. The first kappa shape index (κ1) is 11.0. The molecule has 0 saturated carbocycles. The van der Waals surface area contributed by atoms with E-state index in [0.29, 0.717) is 0 Å². The number of carboxylic acids is 1. The third-order valence-corrected chi connectivity index (χ3v) is 0.596. The molecular formula is C3H8O3S2. The molecule has 2 N–H and O–H groups in total. The third kappa shape index (κ3) is 4.29. The van der Waals surface area contributed by atoms with E-state index >= 15 is 0 Å². The van der Waals surface area contributed by atoms with Crippen LogP contribution in [0.25, 0.3) is 0 Å². The van der Waals surface area contributed by atoms with Crippen LogP contribution in [-0.4, -0.2) is 21.1 Å². The summed E-state index contributed by atoms with van der Waals surface area (Å²) in [6.45, 7) is 1.08. The molecule has 0 rings (SSSR count). The molecule has 0 aliphatic rings. The van der Waals surface area contributed by atoms with Crippen molar-refractivity contribution >= 4 is 32.1 Å². The van der Waals surface area contributed by atoms with Crippen LogP contribution in [0.15, 0.2) is 0 Å². The maximum atomic E-state index is 9.69. The van der Waals surface area contributed by atoms with Crippen molar-refractivity contribution in [3.63, 3.8) is 0 Å². The Morgan fingerprint density at radius 1 is 1.75 bits per heavy atom. The minimum absolute atomic E-state index is 0. The average molecular weight is 156 g/mol. The summed E-state index contributed by atoms with van der Waals surface area (Å²) in [7, 11) is 0. The van der Waals surface area contributed by atoms with E-state index in [2.05, 4.69) is 12.6 Å². The van der Waals surface area contributed by atoms with Crippen molar-refractivity contribution in [3.8, 4) is 0 Å². The Labute approximate surface area is 59.6 Å². The fourth-order valence-corrected chi connectivity index (χ4v) is 0. The molecule has 3 nitrogen and oxygen atoms in total. The summed E-state index contributed by atoms with van der Waals surface area (Å²) in [6.07, 6.45) is 0. The fraction of sp³-hybridized carbons (Fsp3) is 0.667. The van der Waals surface area contributed by atoms with Crippen LogP contribution in [0, 0.1) is 0 Å². The predicted octanol–water partition coefficient (Wildman–Crippen LogP) is -0.178. The van der Waals surface area contributed by atoms with Gasteiger partial charge in [0, 0.05) is 0 Å². The lowest BCUT2D eigenvalue weighted by atomic mass is 10.4. The van der Waals surface area contributed by atoms with Gasteiger partial charge >= 0.3 is 5.97 Å². The molecule has 0 fully saturated rings. The highest BCUT2D eigenvalue weighted by Gasteiger charge is 2.23. The summed E-state index contributed by atoms with van der Waals surface area (Å²) in [6, 6.07) is 0. The van der Waals surface area contributed by atoms with Crippen LogP contribution in [0.5, 0.6) is 0 Å². The summed E-state index contributed by atoms with van der Waals surface area (Å²) in [4.78, 5) is 7.81. The van der Waals surface area contributed by atoms with Crippen LogP contribution >= 0.6 is 26.1 Å². The van der Waals surface area contributed by atoms with E-state index < -0.39 is 10.9 Å². The van der Waals surface area contributed by atoms with Crippen LogP contribution < -0.4 is 0 Å². The minimum Gasteiger partial charge on any atom is -0.478 e. The Kier molecular flexibility index (Phi) is 4.42. The lowest BCUT2D eigenvalue weighted by molar-refractivity contribution is -0.148.